The number of hydrogen-bond donors (Lipinski definition) is 1. The molecule has 6 heteroatoms. The fourth-order valence-electron chi connectivity index (χ4n) is 4.19. The molecule has 1 unspecified atom stereocenters. The number of likely N-dealkylation sites (tertiary alicyclic amines) is 1. The number of aliphatic hydroxyl groups is 1. The van der Waals surface area contributed by atoms with E-state index in [0.717, 1.165) is 24.0 Å². The summed E-state index contributed by atoms with van der Waals surface area (Å²) in [7, 11) is 3.17. The molecule has 3 rings (SSSR count). The van der Waals surface area contributed by atoms with Gasteiger partial charge in [-0.3, -0.25) is 9.59 Å². The molecule has 1 atom stereocenters. The molecule has 1 fully saturated rings. The van der Waals surface area contributed by atoms with Gasteiger partial charge in [0.05, 0.1) is 25.8 Å². The van der Waals surface area contributed by atoms with Crippen molar-refractivity contribution in [3.8, 4) is 11.5 Å². The van der Waals surface area contributed by atoms with Gasteiger partial charge in [0.25, 0.3) is 11.7 Å². The highest BCUT2D eigenvalue weighted by atomic mass is 16.5. The van der Waals surface area contributed by atoms with Crippen LogP contribution in [-0.2, 0) is 15.0 Å². The van der Waals surface area contributed by atoms with Crippen molar-refractivity contribution in [2.75, 3.05) is 20.8 Å². The van der Waals surface area contributed by atoms with E-state index in [1.807, 2.05) is 25.1 Å². The molecule has 1 aliphatic heterocycles. The molecule has 2 aromatic rings. The van der Waals surface area contributed by atoms with Gasteiger partial charge in [0, 0.05) is 17.7 Å². The van der Waals surface area contributed by atoms with Crippen molar-refractivity contribution < 1.29 is 24.2 Å². The lowest BCUT2D eigenvalue weighted by atomic mass is 9.84. The number of methoxy groups -OCH3 is 2. The van der Waals surface area contributed by atoms with Crippen LogP contribution in [0.3, 0.4) is 0 Å². The van der Waals surface area contributed by atoms with E-state index >= 15 is 0 Å². The minimum absolute atomic E-state index is 0.0920. The Kier molecular flexibility index (Phi) is 7.15. The molecule has 2 aromatic carbocycles. The van der Waals surface area contributed by atoms with Crippen molar-refractivity contribution in [1.29, 1.82) is 0 Å². The second-order valence-corrected chi connectivity index (χ2v) is 9.29. The van der Waals surface area contributed by atoms with Gasteiger partial charge in [-0.1, -0.05) is 46.2 Å². The summed E-state index contributed by atoms with van der Waals surface area (Å²) >= 11 is 0. The Bertz CT molecular complexity index is 1080. The summed E-state index contributed by atoms with van der Waals surface area (Å²) in [4.78, 5) is 27.7. The highest BCUT2D eigenvalue weighted by Crippen LogP contribution is 2.41. The monoisotopic (exact) mass is 451 g/mol. The van der Waals surface area contributed by atoms with E-state index in [1.165, 1.54) is 0 Å². The molecule has 0 aliphatic carbocycles. The molecule has 0 spiro atoms. The summed E-state index contributed by atoms with van der Waals surface area (Å²) in [5, 5.41) is 11.4. The van der Waals surface area contributed by atoms with Gasteiger partial charge in [0.1, 0.15) is 17.3 Å². The zero-order valence-electron chi connectivity index (χ0n) is 20.3. The number of ketones is 1. The number of rotatable bonds is 7. The van der Waals surface area contributed by atoms with E-state index in [-0.39, 0.29) is 16.7 Å². The quantitative estimate of drug-likeness (QED) is 0.355. The summed E-state index contributed by atoms with van der Waals surface area (Å²) in [6.45, 7) is 8.61. The van der Waals surface area contributed by atoms with Crippen LogP contribution in [0.4, 0.5) is 0 Å². The molecule has 6 nitrogen and oxygen atoms in total. The Labute approximate surface area is 195 Å². The second-order valence-electron chi connectivity index (χ2n) is 9.29. The number of nitrogens with zero attached hydrogens (tertiary/aromatic N) is 1. The minimum atomic E-state index is -0.688. The van der Waals surface area contributed by atoms with Crippen LogP contribution < -0.4 is 9.47 Å². The number of Topliss-reactive ketones (excluding diaryl/α,β-unsaturated/α-hetero) is 1. The van der Waals surface area contributed by atoms with Gasteiger partial charge in [0.15, 0.2) is 0 Å². The van der Waals surface area contributed by atoms with Crippen molar-refractivity contribution >= 4 is 17.4 Å². The van der Waals surface area contributed by atoms with Gasteiger partial charge in [0.2, 0.25) is 0 Å². The van der Waals surface area contributed by atoms with Crippen molar-refractivity contribution in [3.05, 3.63) is 64.7 Å². The van der Waals surface area contributed by atoms with Crippen molar-refractivity contribution in [1.82, 2.24) is 4.90 Å². The SMILES string of the molecule is CCCCN1C(=O)C(=O)/C(=C(\O)c2ccc(OC)c(C(C)(C)C)c2)C1c1cccc(OC)c1. The Morgan fingerprint density at radius 3 is 2.39 bits per heavy atom. The average molecular weight is 452 g/mol. The highest BCUT2D eigenvalue weighted by molar-refractivity contribution is 6.46. The van der Waals surface area contributed by atoms with Gasteiger partial charge in [-0.15, -0.1) is 0 Å². The van der Waals surface area contributed by atoms with E-state index in [1.54, 1.807) is 43.4 Å². The number of unbranched alkanes of at least 4 members (excludes halogenated alkanes) is 1. The van der Waals surface area contributed by atoms with E-state index in [4.69, 9.17) is 9.47 Å². The van der Waals surface area contributed by atoms with E-state index in [2.05, 4.69) is 20.8 Å². The Morgan fingerprint density at radius 2 is 1.79 bits per heavy atom. The Balaban J connectivity index is 2.22. The maximum atomic E-state index is 13.2. The van der Waals surface area contributed by atoms with Crippen LogP contribution in [0.5, 0.6) is 11.5 Å². The molecule has 1 N–H and O–H groups in total. The molecule has 0 radical (unpaired) electrons. The Hall–Kier alpha value is -3.28. The zero-order chi connectivity index (χ0) is 24.3. The smallest absolute Gasteiger partial charge is 0.295 e. The van der Waals surface area contributed by atoms with E-state index in [9.17, 15) is 14.7 Å². The lowest BCUT2D eigenvalue weighted by Gasteiger charge is -2.26. The first-order valence-electron chi connectivity index (χ1n) is 11.2. The third-order valence-corrected chi connectivity index (χ3v) is 5.98. The highest BCUT2D eigenvalue weighted by Gasteiger charge is 2.46. The molecule has 176 valence electrons. The third kappa shape index (κ3) is 4.75. The predicted molar refractivity (Wildman–Crippen MR) is 129 cm³/mol. The molecule has 1 heterocycles. The van der Waals surface area contributed by atoms with Crippen LogP contribution >= 0.6 is 0 Å². The summed E-state index contributed by atoms with van der Waals surface area (Å²) < 4.78 is 10.9. The normalized spacial score (nSPS) is 18.0. The number of ether oxygens (including phenoxy) is 2. The number of hydrogen-bond acceptors (Lipinski definition) is 5. The summed E-state index contributed by atoms with van der Waals surface area (Å²) in [6, 6.07) is 11.9. The number of carbonyl (C=O) groups excluding carboxylic acids is 2. The molecule has 0 bridgehead atoms. The van der Waals surface area contributed by atoms with Gasteiger partial charge >= 0.3 is 0 Å². The first kappa shape index (κ1) is 24.4. The maximum Gasteiger partial charge on any atom is 0.295 e. The average Bonchev–Trinajstić information content (AvgIpc) is 3.06. The van der Waals surface area contributed by atoms with Crippen LogP contribution in [0.1, 0.15) is 63.3 Å². The van der Waals surface area contributed by atoms with Crippen LogP contribution in [-0.4, -0.2) is 42.5 Å². The van der Waals surface area contributed by atoms with Gasteiger partial charge in [-0.25, -0.2) is 0 Å². The fraction of sp³-hybridized carbons (Fsp3) is 0.407. The predicted octanol–water partition coefficient (Wildman–Crippen LogP) is 5.22. The Morgan fingerprint density at radius 1 is 1.06 bits per heavy atom. The van der Waals surface area contributed by atoms with Crippen molar-refractivity contribution in [2.45, 2.75) is 52.0 Å². The molecule has 1 amide bonds. The maximum absolute atomic E-state index is 13.2. The summed E-state index contributed by atoms with van der Waals surface area (Å²) in [5.41, 5.74) is 1.93. The number of amides is 1. The second kappa shape index (κ2) is 9.69. The van der Waals surface area contributed by atoms with Crippen molar-refractivity contribution in [3.63, 3.8) is 0 Å². The zero-order valence-corrected chi connectivity index (χ0v) is 20.3. The molecule has 1 saturated heterocycles. The first-order chi connectivity index (χ1) is 15.6. The summed E-state index contributed by atoms with van der Waals surface area (Å²) in [6.07, 6.45) is 1.63. The lowest BCUT2D eigenvalue weighted by Crippen LogP contribution is -2.30. The van der Waals surface area contributed by atoms with Crippen molar-refractivity contribution in [2.24, 2.45) is 0 Å². The van der Waals surface area contributed by atoms with Crippen LogP contribution in [0, 0.1) is 0 Å². The third-order valence-electron chi connectivity index (χ3n) is 5.98. The van der Waals surface area contributed by atoms with E-state index < -0.39 is 17.7 Å². The van der Waals surface area contributed by atoms with E-state index in [0.29, 0.717) is 23.6 Å². The largest absolute Gasteiger partial charge is 0.507 e. The molecule has 1 aliphatic rings. The molecular formula is C27H33NO5. The molecule has 0 aromatic heterocycles. The van der Waals surface area contributed by atoms with Crippen LogP contribution in [0.15, 0.2) is 48.0 Å². The van der Waals surface area contributed by atoms with Gasteiger partial charge in [-0.2, -0.15) is 0 Å². The lowest BCUT2D eigenvalue weighted by molar-refractivity contribution is -0.139. The number of benzene rings is 2. The fourth-order valence-corrected chi connectivity index (χ4v) is 4.19. The molecular weight excluding hydrogens is 418 g/mol. The number of carbonyl (C=O) groups is 2. The van der Waals surface area contributed by atoms with Crippen LogP contribution in [0.2, 0.25) is 0 Å². The van der Waals surface area contributed by atoms with Crippen LogP contribution in [0.25, 0.3) is 5.76 Å². The standard InChI is InChI=1S/C27H33NO5/c1-7-8-14-28-23(17-10-9-11-19(15-17)32-5)22(25(30)26(28)31)24(29)18-12-13-21(33-6)20(16-18)27(2,3)4/h9-13,15-16,23,29H,7-8,14H2,1-6H3/b24-22-. The topological polar surface area (TPSA) is 76.1 Å². The summed E-state index contributed by atoms with van der Waals surface area (Å²) in [5.74, 6) is -0.139. The number of aliphatic hydroxyl groups excluding tert-OH is 1. The molecule has 0 saturated carbocycles. The first-order valence-corrected chi connectivity index (χ1v) is 11.2. The minimum Gasteiger partial charge on any atom is -0.507 e. The molecule has 33 heavy (non-hydrogen) atoms. The van der Waals surface area contributed by atoms with Gasteiger partial charge in [-0.05, 0) is 47.7 Å². The van der Waals surface area contributed by atoms with Gasteiger partial charge < -0.3 is 19.5 Å².